The summed E-state index contributed by atoms with van der Waals surface area (Å²) in [4.78, 5) is 11.2. The fourth-order valence-corrected chi connectivity index (χ4v) is 2.43. The highest BCUT2D eigenvalue weighted by Gasteiger charge is 2.02. The molecule has 2 aromatic carbocycles. The fraction of sp³-hybridized carbons (Fsp3) is 0.190. The van der Waals surface area contributed by atoms with Gasteiger partial charge in [0.2, 0.25) is 0 Å². The van der Waals surface area contributed by atoms with E-state index in [4.69, 9.17) is 9.47 Å². The molecule has 0 unspecified atom stereocenters. The van der Waals surface area contributed by atoms with Crippen molar-refractivity contribution in [3.8, 4) is 11.5 Å². The molecular weight excluding hydrogens is 375 g/mol. The van der Waals surface area contributed by atoms with E-state index in [2.05, 4.69) is 15.6 Å². The highest BCUT2D eigenvalue weighted by Crippen LogP contribution is 2.17. The average molecular weight is 396 g/mol. The van der Waals surface area contributed by atoms with Gasteiger partial charge in [0.1, 0.15) is 30.5 Å². The monoisotopic (exact) mass is 396 g/mol. The minimum atomic E-state index is -0.500. The molecule has 0 radical (unpaired) electrons. The summed E-state index contributed by atoms with van der Waals surface area (Å²) in [6.45, 7) is -0.0175. The van der Waals surface area contributed by atoms with Crippen LogP contribution in [0.15, 0.2) is 54.7 Å². The Labute approximate surface area is 167 Å². The number of nitrogens with zero attached hydrogens (tertiary/aromatic N) is 3. The van der Waals surface area contributed by atoms with E-state index in [1.807, 2.05) is 48.6 Å². The Morgan fingerprint density at radius 2 is 1.69 bits per heavy atom. The highest BCUT2D eigenvalue weighted by atomic mass is 19.1. The molecule has 3 aromatic rings. The number of aromatic nitrogens is 3. The lowest BCUT2D eigenvalue weighted by molar-refractivity contribution is 0.203. The predicted molar refractivity (Wildman–Crippen MR) is 107 cm³/mol. The minimum Gasteiger partial charge on any atom is -0.487 e. The molecule has 0 aliphatic carbocycles. The zero-order valence-corrected chi connectivity index (χ0v) is 15.9. The third-order valence-corrected chi connectivity index (χ3v) is 3.93. The van der Waals surface area contributed by atoms with Gasteiger partial charge in [-0.1, -0.05) is 41.6 Å². The van der Waals surface area contributed by atoms with Crippen molar-refractivity contribution >= 4 is 18.2 Å². The molecule has 0 saturated carbocycles. The van der Waals surface area contributed by atoms with Gasteiger partial charge >= 0.3 is 6.09 Å². The molecule has 1 aromatic heterocycles. The van der Waals surface area contributed by atoms with Crippen LogP contribution in [0.5, 0.6) is 11.5 Å². The van der Waals surface area contributed by atoms with E-state index in [1.54, 1.807) is 18.3 Å². The van der Waals surface area contributed by atoms with Gasteiger partial charge in [0, 0.05) is 7.05 Å². The van der Waals surface area contributed by atoms with Gasteiger partial charge in [0.25, 0.3) is 0 Å². The van der Waals surface area contributed by atoms with Gasteiger partial charge in [-0.3, -0.25) is 0 Å². The molecule has 7 nitrogen and oxygen atoms in total. The molecule has 0 atom stereocenters. The Hall–Kier alpha value is -3.68. The smallest absolute Gasteiger partial charge is 0.412 e. The molecule has 1 amide bonds. The van der Waals surface area contributed by atoms with Crippen LogP contribution >= 0.6 is 0 Å². The molecule has 0 spiro atoms. The molecule has 0 saturated heterocycles. The minimum absolute atomic E-state index is 0.192. The summed E-state index contributed by atoms with van der Waals surface area (Å²) < 4.78 is 24.5. The first-order valence-corrected chi connectivity index (χ1v) is 9.02. The number of benzene rings is 2. The third kappa shape index (κ3) is 6.17. The predicted octanol–water partition coefficient (Wildman–Crippen LogP) is 3.72. The van der Waals surface area contributed by atoms with Crippen molar-refractivity contribution in [1.29, 1.82) is 0 Å². The molecule has 1 N–H and O–H groups in total. The number of hydrogen-bond acceptors (Lipinski definition) is 5. The normalized spacial score (nSPS) is 10.8. The number of nitrogens with one attached hydrogen (secondary N) is 1. The van der Waals surface area contributed by atoms with E-state index in [0.29, 0.717) is 17.2 Å². The van der Waals surface area contributed by atoms with Crippen molar-refractivity contribution in [2.45, 2.75) is 13.2 Å². The quantitative estimate of drug-likeness (QED) is 0.587. The van der Waals surface area contributed by atoms with Crippen LogP contribution in [0.25, 0.3) is 12.2 Å². The van der Waals surface area contributed by atoms with Crippen molar-refractivity contribution in [3.05, 3.63) is 71.5 Å². The van der Waals surface area contributed by atoms with Crippen LogP contribution in [0.1, 0.15) is 16.8 Å². The average Bonchev–Trinajstić information content (AvgIpc) is 3.20. The molecule has 29 heavy (non-hydrogen) atoms. The topological polar surface area (TPSA) is 78.3 Å². The summed E-state index contributed by atoms with van der Waals surface area (Å²) in [6.07, 6.45) is 5.10. The molecule has 0 bridgehead atoms. The molecule has 8 heteroatoms. The number of aryl methyl sites for hydroxylation is 1. The first kappa shape index (κ1) is 20.1. The number of ether oxygens (including phenoxy) is 2. The summed E-state index contributed by atoms with van der Waals surface area (Å²) >= 11 is 0. The van der Waals surface area contributed by atoms with E-state index in [0.717, 1.165) is 11.1 Å². The number of hydrogen-bond donors (Lipinski definition) is 1. The molecule has 150 valence electrons. The number of rotatable bonds is 8. The van der Waals surface area contributed by atoms with Gasteiger partial charge in [-0.15, -0.1) is 5.10 Å². The summed E-state index contributed by atoms with van der Waals surface area (Å²) in [6, 6.07) is 14.8. The summed E-state index contributed by atoms with van der Waals surface area (Å²) in [5.74, 6) is 1.19. The Kier molecular flexibility index (Phi) is 6.94. The van der Waals surface area contributed by atoms with Crippen LogP contribution in [0.2, 0.25) is 0 Å². The fourth-order valence-electron chi connectivity index (χ4n) is 2.43. The van der Waals surface area contributed by atoms with Crippen LogP contribution < -0.4 is 14.8 Å². The van der Waals surface area contributed by atoms with E-state index >= 15 is 0 Å². The van der Waals surface area contributed by atoms with Crippen molar-refractivity contribution in [2.24, 2.45) is 0 Å². The Bertz CT molecular complexity index is 953. The van der Waals surface area contributed by atoms with E-state index < -0.39 is 12.8 Å². The van der Waals surface area contributed by atoms with Gasteiger partial charge in [-0.25, -0.2) is 13.9 Å². The molecule has 0 aliphatic heterocycles. The molecule has 1 heterocycles. The lowest BCUT2D eigenvalue weighted by atomic mass is 10.1. The van der Waals surface area contributed by atoms with E-state index in [9.17, 15) is 9.18 Å². The Morgan fingerprint density at radius 3 is 2.28 bits per heavy atom. The van der Waals surface area contributed by atoms with Crippen molar-refractivity contribution in [3.63, 3.8) is 0 Å². The summed E-state index contributed by atoms with van der Waals surface area (Å²) in [7, 11) is 1.51. The zero-order valence-electron chi connectivity index (χ0n) is 15.9. The number of carbonyl (C=O) groups is 1. The lowest BCUT2D eigenvalue weighted by Gasteiger charge is -2.04. The molecule has 3 rings (SSSR count). The van der Waals surface area contributed by atoms with Gasteiger partial charge in [-0.2, -0.15) is 0 Å². The van der Waals surface area contributed by atoms with Crippen LogP contribution in [-0.2, 0) is 13.2 Å². The highest BCUT2D eigenvalue weighted by molar-refractivity contribution is 5.72. The maximum atomic E-state index is 12.3. The second kappa shape index (κ2) is 10.0. The summed E-state index contributed by atoms with van der Waals surface area (Å²) in [5, 5.41) is 10.2. The lowest BCUT2D eigenvalue weighted by Crippen LogP contribution is -2.21. The first-order valence-electron chi connectivity index (χ1n) is 9.02. The van der Waals surface area contributed by atoms with Gasteiger partial charge in [-0.05, 0) is 35.4 Å². The number of amides is 1. The van der Waals surface area contributed by atoms with Crippen molar-refractivity contribution in [1.82, 2.24) is 20.3 Å². The second-order valence-corrected chi connectivity index (χ2v) is 6.06. The van der Waals surface area contributed by atoms with Crippen molar-refractivity contribution < 1.29 is 18.7 Å². The van der Waals surface area contributed by atoms with Crippen molar-refractivity contribution in [2.75, 3.05) is 13.7 Å². The second-order valence-electron chi connectivity index (χ2n) is 6.06. The molecular formula is C21H21FN4O3. The van der Waals surface area contributed by atoms with E-state index in [1.165, 1.54) is 11.7 Å². The van der Waals surface area contributed by atoms with Gasteiger partial charge in [0.05, 0.1) is 12.7 Å². The SMILES string of the molecule is CNC(=O)Oc1ccc(/C=C/c2ccc(OCc3cn(CCF)nn3)cc2)cc1. The van der Waals surface area contributed by atoms with Crippen LogP contribution in [0, 0.1) is 0 Å². The van der Waals surface area contributed by atoms with Gasteiger partial charge in [0.15, 0.2) is 0 Å². The third-order valence-electron chi connectivity index (χ3n) is 3.93. The number of carbonyl (C=O) groups excluding carboxylic acids is 1. The maximum absolute atomic E-state index is 12.3. The largest absolute Gasteiger partial charge is 0.487 e. The molecule has 0 fully saturated rings. The number of halogens is 1. The van der Waals surface area contributed by atoms with Crippen LogP contribution in [-0.4, -0.2) is 34.8 Å². The zero-order chi connectivity index (χ0) is 20.5. The Morgan fingerprint density at radius 1 is 1.07 bits per heavy atom. The number of alkyl halides is 1. The van der Waals surface area contributed by atoms with Crippen LogP contribution in [0.3, 0.4) is 0 Å². The first-order chi connectivity index (χ1) is 14.2. The Balaban J connectivity index is 1.52. The van der Waals surface area contributed by atoms with E-state index in [-0.39, 0.29) is 13.2 Å². The van der Waals surface area contributed by atoms with Gasteiger partial charge < -0.3 is 14.8 Å². The molecule has 0 aliphatic rings. The standard InChI is InChI=1S/C21H21FN4O3/c1-23-21(27)29-20-10-6-17(7-11-20)3-2-16-4-8-19(9-5-16)28-15-18-14-26(13-12-22)25-24-18/h2-11,14H,12-13,15H2,1H3,(H,23,27)/b3-2+. The summed E-state index contributed by atoms with van der Waals surface area (Å²) in [5.41, 5.74) is 2.63. The maximum Gasteiger partial charge on any atom is 0.412 e. The van der Waals surface area contributed by atoms with Crippen LogP contribution in [0.4, 0.5) is 9.18 Å².